The van der Waals surface area contributed by atoms with Crippen LogP contribution in [0.15, 0.2) is 51.7 Å². The maximum absolute atomic E-state index is 13.5. The second kappa shape index (κ2) is 9.34. The van der Waals surface area contributed by atoms with E-state index in [1.54, 1.807) is 29.1 Å². The maximum atomic E-state index is 13.5. The third kappa shape index (κ3) is 4.96. The molecule has 1 aromatic carbocycles. The Hall–Kier alpha value is -3.13. The molecule has 0 bridgehead atoms. The maximum Gasteiger partial charge on any atom is 0.254 e. The van der Waals surface area contributed by atoms with E-state index in [1.807, 2.05) is 44.5 Å². The number of aromatic nitrogens is 3. The van der Waals surface area contributed by atoms with Gasteiger partial charge in [-0.05, 0) is 49.9 Å². The second-order valence-corrected chi connectivity index (χ2v) is 8.23. The van der Waals surface area contributed by atoms with Gasteiger partial charge in [0, 0.05) is 36.3 Å². The smallest absolute Gasteiger partial charge is 0.254 e. The lowest BCUT2D eigenvalue weighted by Crippen LogP contribution is -2.35. The second-order valence-electron chi connectivity index (χ2n) is 7.43. The van der Waals surface area contributed by atoms with Crippen molar-refractivity contribution in [1.82, 2.24) is 19.9 Å². The van der Waals surface area contributed by atoms with Crippen LogP contribution in [-0.2, 0) is 6.54 Å². The number of rotatable bonds is 6. The van der Waals surface area contributed by atoms with Gasteiger partial charge in [0.15, 0.2) is 0 Å². The van der Waals surface area contributed by atoms with Crippen LogP contribution in [0.4, 0.5) is 0 Å². The Labute approximate surface area is 185 Å². The molecule has 7 nitrogen and oxygen atoms in total. The number of aliphatic imine (C=N–C) groups is 2. The molecule has 158 valence electrons. The molecule has 3 aromatic rings. The fraction of sp³-hybridized carbons (Fsp3) is 0.304. The van der Waals surface area contributed by atoms with Crippen molar-refractivity contribution in [2.45, 2.75) is 31.8 Å². The van der Waals surface area contributed by atoms with E-state index in [-0.39, 0.29) is 5.91 Å². The Morgan fingerprint density at radius 3 is 2.71 bits per heavy atom. The third-order valence-corrected chi connectivity index (χ3v) is 5.80. The van der Waals surface area contributed by atoms with Crippen molar-refractivity contribution in [3.05, 3.63) is 59.2 Å². The first-order chi connectivity index (χ1) is 15.0. The number of pyridine rings is 1. The zero-order valence-electron chi connectivity index (χ0n) is 17.9. The predicted molar refractivity (Wildman–Crippen MR) is 125 cm³/mol. The number of amidine groups is 1. The topological polar surface area (TPSA) is 83.7 Å². The standard InChI is InChI=1S/C23H24N6OS/c1-15-9-18-10-17(5-6-20(18)28-22(15)31-3)23(30)29(14-21-24-7-4-8-25-21)13-19-12-26-16(2)11-27-19/h5-7,9-12H,4,8,13-14H2,1-3H3. The minimum Gasteiger partial charge on any atom is -0.325 e. The first kappa shape index (κ1) is 21.1. The quantitative estimate of drug-likeness (QED) is 0.552. The van der Waals surface area contributed by atoms with Gasteiger partial charge in [-0.15, -0.1) is 11.8 Å². The molecule has 0 atom stereocenters. The number of hydrogen-bond donors (Lipinski definition) is 0. The Bertz CT molecular complexity index is 1170. The fourth-order valence-electron chi connectivity index (χ4n) is 3.41. The molecule has 31 heavy (non-hydrogen) atoms. The third-order valence-electron chi connectivity index (χ3n) is 5.00. The van der Waals surface area contributed by atoms with Gasteiger partial charge in [-0.3, -0.25) is 19.8 Å². The zero-order chi connectivity index (χ0) is 21.8. The van der Waals surface area contributed by atoms with Crippen LogP contribution in [0.2, 0.25) is 0 Å². The van der Waals surface area contributed by atoms with Crippen molar-refractivity contribution in [3.8, 4) is 0 Å². The summed E-state index contributed by atoms with van der Waals surface area (Å²) in [5.41, 5.74) is 4.14. The van der Waals surface area contributed by atoms with Gasteiger partial charge in [0.05, 0.1) is 41.2 Å². The number of carbonyl (C=O) groups is 1. The molecule has 4 rings (SSSR count). The van der Waals surface area contributed by atoms with Crippen LogP contribution in [0.1, 0.15) is 33.7 Å². The van der Waals surface area contributed by atoms with Gasteiger partial charge in [0.2, 0.25) is 0 Å². The molecule has 0 radical (unpaired) electrons. The molecule has 0 saturated carbocycles. The summed E-state index contributed by atoms with van der Waals surface area (Å²) in [7, 11) is 0. The molecule has 0 unspecified atom stereocenters. The average molecular weight is 433 g/mol. The first-order valence-corrected chi connectivity index (χ1v) is 11.3. The minimum atomic E-state index is -0.0978. The molecule has 1 amide bonds. The highest BCUT2D eigenvalue weighted by molar-refractivity contribution is 7.98. The van der Waals surface area contributed by atoms with Crippen molar-refractivity contribution in [3.63, 3.8) is 0 Å². The summed E-state index contributed by atoms with van der Waals surface area (Å²) in [4.78, 5) is 37.4. The van der Waals surface area contributed by atoms with E-state index in [4.69, 9.17) is 0 Å². The molecule has 0 fully saturated rings. The van der Waals surface area contributed by atoms with E-state index in [1.165, 1.54) is 0 Å². The summed E-state index contributed by atoms with van der Waals surface area (Å²) in [5, 5.41) is 1.95. The van der Waals surface area contributed by atoms with Gasteiger partial charge in [-0.2, -0.15) is 0 Å². The number of aryl methyl sites for hydroxylation is 2. The summed E-state index contributed by atoms with van der Waals surface area (Å²) in [6, 6.07) is 7.72. The Kier molecular flexibility index (Phi) is 6.36. The minimum absolute atomic E-state index is 0.0978. The number of nitrogens with zero attached hydrogens (tertiary/aromatic N) is 6. The summed E-state index contributed by atoms with van der Waals surface area (Å²) in [5.74, 6) is 0.557. The van der Waals surface area contributed by atoms with E-state index >= 15 is 0 Å². The van der Waals surface area contributed by atoms with Crippen molar-refractivity contribution in [1.29, 1.82) is 0 Å². The van der Waals surface area contributed by atoms with Crippen LogP contribution in [-0.4, -0.2) is 57.2 Å². The number of hydrogen-bond acceptors (Lipinski definition) is 7. The molecule has 1 aliphatic heterocycles. The number of carbonyl (C=O) groups excluding carboxylic acids is 1. The number of fused-ring (bicyclic) bond motifs is 1. The molecule has 1 aliphatic rings. The monoisotopic (exact) mass is 432 g/mol. The largest absolute Gasteiger partial charge is 0.325 e. The van der Waals surface area contributed by atoms with Crippen molar-refractivity contribution in [2.24, 2.45) is 9.98 Å². The van der Waals surface area contributed by atoms with Crippen LogP contribution in [0.25, 0.3) is 10.9 Å². The number of thioether (sulfide) groups is 1. The summed E-state index contributed by atoms with van der Waals surface area (Å²) < 4.78 is 0. The SMILES string of the molecule is CSc1nc2ccc(C(=O)N(CC3=NCCC=N3)Cc3cnc(C)cn3)cc2cc1C. The molecule has 0 N–H and O–H groups in total. The van der Waals surface area contributed by atoms with Gasteiger partial charge in [0.25, 0.3) is 5.91 Å². The lowest BCUT2D eigenvalue weighted by atomic mass is 10.1. The average Bonchev–Trinajstić information content (AvgIpc) is 2.79. The first-order valence-electron chi connectivity index (χ1n) is 10.1. The summed E-state index contributed by atoms with van der Waals surface area (Å²) in [6.07, 6.45) is 8.11. The summed E-state index contributed by atoms with van der Waals surface area (Å²) in [6.45, 7) is 5.28. The van der Waals surface area contributed by atoms with Gasteiger partial charge in [-0.1, -0.05) is 0 Å². The van der Waals surface area contributed by atoms with E-state index in [0.717, 1.165) is 39.3 Å². The van der Waals surface area contributed by atoms with E-state index in [0.29, 0.717) is 31.0 Å². The highest BCUT2D eigenvalue weighted by Crippen LogP contribution is 2.24. The molecule has 0 saturated heterocycles. The van der Waals surface area contributed by atoms with Gasteiger partial charge >= 0.3 is 0 Å². The predicted octanol–water partition coefficient (Wildman–Crippen LogP) is 3.88. The molecule has 0 spiro atoms. The molecule has 0 aliphatic carbocycles. The Morgan fingerprint density at radius 2 is 2.00 bits per heavy atom. The van der Waals surface area contributed by atoms with E-state index < -0.39 is 0 Å². The Morgan fingerprint density at radius 1 is 1.13 bits per heavy atom. The highest BCUT2D eigenvalue weighted by Gasteiger charge is 2.20. The van der Waals surface area contributed by atoms with Gasteiger partial charge < -0.3 is 4.90 Å². The van der Waals surface area contributed by atoms with Crippen LogP contribution in [0, 0.1) is 13.8 Å². The molecule has 2 aromatic heterocycles. The Balaban J connectivity index is 1.65. The van der Waals surface area contributed by atoms with Crippen LogP contribution < -0.4 is 0 Å². The number of amides is 1. The van der Waals surface area contributed by atoms with Crippen molar-refractivity contribution in [2.75, 3.05) is 19.3 Å². The zero-order valence-corrected chi connectivity index (χ0v) is 18.7. The van der Waals surface area contributed by atoms with Crippen LogP contribution in [0.5, 0.6) is 0 Å². The van der Waals surface area contributed by atoms with Crippen LogP contribution in [0.3, 0.4) is 0 Å². The highest BCUT2D eigenvalue weighted by atomic mass is 32.2. The molecule has 3 heterocycles. The van der Waals surface area contributed by atoms with Gasteiger partial charge in [-0.25, -0.2) is 9.98 Å². The van der Waals surface area contributed by atoms with E-state index in [2.05, 4.69) is 31.0 Å². The van der Waals surface area contributed by atoms with Crippen molar-refractivity contribution < 1.29 is 4.79 Å². The molecular weight excluding hydrogens is 408 g/mol. The summed E-state index contributed by atoms with van der Waals surface area (Å²) >= 11 is 1.62. The molecule has 8 heteroatoms. The lowest BCUT2D eigenvalue weighted by molar-refractivity contribution is 0.0766. The number of benzene rings is 1. The lowest BCUT2D eigenvalue weighted by Gasteiger charge is -2.23. The molecular formula is C23H24N6OS. The fourth-order valence-corrected chi connectivity index (χ4v) is 3.98. The van der Waals surface area contributed by atoms with Crippen molar-refractivity contribution >= 4 is 40.6 Å². The van der Waals surface area contributed by atoms with Gasteiger partial charge in [0.1, 0.15) is 5.84 Å². The normalized spacial score (nSPS) is 13.3. The van der Waals surface area contributed by atoms with E-state index in [9.17, 15) is 4.79 Å². The van der Waals surface area contributed by atoms with Crippen LogP contribution >= 0.6 is 11.8 Å².